The Kier molecular flexibility index (Phi) is 6.44. The lowest BCUT2D eigenvalue weighted by Crippen LogP contribution is -2.47. The van der Waals surface area contributed by atoms with Crippen LogP contribution in [0.25, 0.3) is 10.9 Å². The molecule has 2 aromatic carbocycles. The summed E-state index contributed by atoms with van der Waals surface area (Å²) in [5, 5.41) is 3.78. The van der Waals surface area contributed by atoms with Crippen LogP contribution in [0.5, 0.6) is 0 Å². The van der Waals surface area contributed by atoms with E-state index in [4.69, 9.17) is 4.98 Å². The first kappa shape index (κ1) is 22.9. The molecule has 0 bridgehead atoms. The van der Waals surface area contributed by atoms with Crippen molar-refractivity contribution in [1.82, 2.24) is 10.3 Å². The maximum Gasteiger partial charge on any atom is 0.416 e. The Labute approximate surface area is 191 Å². The van der Waals surface area contributed by atoms with Crippen LogP contribution in [-0.4, -0.2) is 43.6 Å². The van der Waals surface area contributed by atoms with Gasteiger partial charge in [0.25, 0.3) is 5.91 Å². The Hall–Kier alpha value is -3.29. The molecule has 3 aromatic rings. The van der Waals surface area contributed by atoms with E-state index in [1.807, 2.05) is 49.1 Å². The lowest BCUT2D eigenvalue weighted by molar-refractivity contribution is -0.137. The number of benzene rings is 2. The smallest absolute Gasteiger partial charge is 0.368 e. The molecule has 1 N–H and O–H groups in total. The summed E-state index contributed by atoms with van der Waals surface area (Å²) in [6.07, 6.45) is -4.36. The second kappa shape index (κ2) is 9.29. The van der Waals surface area contributed by atoms with E-state index >= 15 is 0 Å². The number of aromatic nitrogens is 1. The number of carbonyl (C=O) groups excluding carboxylic acids is 1. The molecule has 0 radical (unpaired) electrons. The first-order chi connectivity index (χ1) is 15.7. The van der Waals surface area contributed by atoms with Crippen LogP contribution in [0.1, 0.15) is 29.8 Å². The molecule has 0 aliphatic carbocycles. The predicted molar refractivity (Wildman–Crippen MR) is 125 cm³/mol. The number of pyridine rings is 1. The summed E-state index contributed by atoms with van der Waals surface area (Å²) in [5.74, 6) is 0.906. The van der Waals surface area contributed by atoms with Gasteiger partial charge < -0.3 is 15.1 Å². The van der Waals surface area contributed by atoms with Crippen molar-refractivity contribution >= 4 is 28.3 Å². The molecule has 1 aliphatic rings. The van der Waals surface area contributed by atoms with Gasteiger partial charge in [-0.15, -0.1) is 0 Å². The van der Waals surface area contributed by atoms with Gasteiger partial charge in [-0.05, 0) is 36.2 Å². The SMILES string of the molecule is CC(C)CNC(=O)c1cc(N2CCN(c3cccc(C(F)(F)F)c3)CC2)nc2ccccc12. The number of piperazine rings is 1. The quantitative estimate of drug-likeness (QED) is 0.589. The monoisotopic (exact) mass is 456 g/mol. The number of nitrogens with one attached hydrogen (secondary N) is 1. The third kappa shape index (κ3) is 5.21. The van der Waals surface area contributed by atoms with Crippen molar-refractivity contribution in [2.24, 2.45) is 5.92 Å². The standard InChI is InChI=1S/C25H27F3N4O/c1-17(2)16-29-24(33)21-15-23(30-22-9-4-3-8-20(21)22)32-12-10-31(11-13-32)19-7-5-6-18(14-19)25(26,27)28/h3-9,14-15,17H,10-13,16H2,1-2H3,(H,29,33). The van der Waals surface area contributed by atoms with Crippen molar-refractivity contribution < 1.29 is 18.0 Å². The predicted octanol–water partition coefficient (Wildman–Crippen LogP) is 4.97. The van der Waals surface area contributed by atoms with Gasteiger partial charge in [-0.1, -0.05) is 38.1 Å². The van der Waals surface area contributed by atoms with Gasteiger partial charge >= 0.3 is 6.18 Å². The number of nitrogens with zero attached hydrogens (tertiary/aromatic N) is 3. The van der Waals surface area contributed by atoms with E-state index in [0.717, 1.165) is 17.0 Å². The molecule has 4 rings (SSSR count). The summed E-state index contributed by atoms with van der Waals surface area (Å²) < 4.78 is 39.2. The lowest BCUT2D eigenvalue weighted by Gasteiger charge is -2.37. The van der Waals surface area contributed by atoms with Crippen LogP contribution < -0.4 is 15.1 Å². The van der Waals surface area contributed by atoms with E-state index < -0.39 is 11.7 Å². The Morgan fingerprint density at radius 2 is 1.70 bits per heavy atom. The average Bonchev–Trinajstić information content (AvgIpc) is 2.81. The van der Waals surface area contributed by atoms with E-state index in [0.29, 0.717) is 55.7 Å². The summed E-state index contributed by atoms with van der Waals surface area (Å²) >= 11 is 0. The highest BCUT2D eigenvalue weighted by molar-refractivity contribution is 6.07. The normalized spacial score (nSPS) is 14.7. The first-order valence-corrected chi connectivity index (χ1v) is 11.1. The molecule has 0 atom stereocenters. The minimum Gasteiger partial charge on any atom is -0.368 e. The highest BCUT2D eigenvalue weighted by Gasteiger charge is 2.31. The zero-order valence-electron chi connectivity index (χ0n) is 18.7. The molecule has 174 valence electrons. The highest BCUT2D eigenvalue weighted by Crippen LogP contribution is 2.32. The fourth-order valence-electron chi connectivity index (χ4n) is 3.98. The fraction of sp³-hybridized carbons (Fsp3) is 0.360. The highest BCUT2D eigenvalue weighted by atomic mass is 19.4. The van der Waals surface area contributed by atoms with Gasteiger partial charge in [-0.25, -0.2) is 4.98 Å². The maximum atomic E-state index is 13.1. The van der Waals surface area contributed by atoms with Crippen molar-refractivity contribution in [3.05, 3.63) is 65.7 Å². The lowest BCUT2D eigenvalue weighted by atomic mass is 10.1. The molecule has 8 heteroatoms. The second-order valence-corrected chi connectivity index (χ2v) is 8.67. The van der Waals surface area contributed by atoms with E-state index in [-0.39, 0.29) is 5.91 Å². The van der Waals surface area contributed by atoms with Gasteiger partial charge in [0.15, 0.2) is 0 Å². The number of rotatable bonds is 5. The van der Waals surface area contributed by atoms with Crippen LogP contribution in [0.3, 0.4) is 0 Å². The molecule has 2 heterocycles. The number of amides is 1. The molecular weight excluding hydrogens is 429 g/mol. The van der Waals surface area contributed by atoms with Gasteiger partial charge in [-0.2, -0.15) is 13.2 Å². The van der Waals surface area contributed by atoms with Crippen LogP contribution in [0.2, 0.25) is 0 Å². The summed E-state index contributed by atoms with van der Waals surface area (Å²) in [4.78, 5) is 21.7. The van der Waals surface area contributed by atoms with Crippen LogP contribution in [0.15, 0.2) is 54.6 Å². The summed E-state index contributed by atoms with van der Waals surface area (Å²) in [5.41, 5.74) is 1.24. The fourth-order valence-corrected chi connectivity index (χ4v) is 3.98. The van der Waals surface area contributed by atoms with Crippen molar-refractivity contribution in [2.75, 3.05) is 42.5 Å². The van der Waals surface area contributed by atoms with Crippen molar-refractivity contribution in [1.29, 1.82) is 0 Å². The summed E-state index contributed by atoms with van der Waals surface area (Å²) in [7, 11) is 0. The maximum absolute atomic E-state index is 13.1. The number of halogens is 3. The van der Waals surface area contributed by atoms with Crippen LogP contribution in [0, 0.1) is 5.92 Å². The zero-order valence-corrected chi connectivity index (χ0v) is 18.7. The number of hydrogen-bond donors (Lipinski definition) is 1. The number of carbonyl (C=O) groups is 1. The van der Waals surface area contributed by atoms with E-state index in [1.165, 1.54) is 12.1 Å². The van der Waals surface area contributed by atoms with Gasteiger partial charge in [0.05, 0.1) is 16.6 Å². The third-order valence-electron chi connectivity index (χ3n) is 5.76. The molecular formula is C25H27F3N4O. The Bertz CT molecular complexity index is 1140. The number of hydrogen-bond acceptors (Lipinski definition) is 4. The van der Waals surface area contributed by atoms with E-state index in [1.54, 1.807) is 6.07 Å². The van der Waals surface area contributed by atoms with Crippen LogP contribution in [-0.2, 0) is 6.18 Å². The van der Waals surface area contributed by atoms with Crippen LogP contribution >= 0.6 is 0 Å². The molecule has 0 unspecified atom stereocenters. The van der Waals surface area contributed by atoms with Crippen LogP contribution in [0.4, 0.5) is 24.7 Å². The van der Waals surface area contributed by atoms with Crippen molar-refractivity contribution in [2.45, 2.75) is 20.0 Å². The summed E-state index contributed by atoms with van der Waals surface area (Å²) in [6, 6.07) is 14.8. The van der Waals surface area contributed by atoms with Gasteiger partial charge in [0.2, 0.25) is 0 Å². The molecule has 1 fully saturated rings. The second-order valence-electron chi connectivity index (χ2n) is 8.67. The molecule has 1 aromatic heterocycles. The van der Waals surface area contributed by atoms with Gasteiger partial charge in [0.1, 0.15) is 5.82 Å². The largest absolute Gasteiger partial charge is 0.416 e. The molecule has 1 aliphatic heterocycles. The van der Waals surface area contributed by atoms with E-state index in [9.17, 15) is 18.0 Å². The number of alkyl halides is 3. The van der Waals surface area contributed by atoms with Gasteiger partial charge in [-0.3, -0.25) is 4.79 Å². The Morgan fingerprint density at radius 1 is 1.00 bits per heavy atom. The first-order valence-electron chi connectivity index (χ1n) is 11.1. The average molecular weight is 457 g/mol. The molecule has 1 amide bonds. The molecule has 5 nitrogen and oxygen atoms in total. The Balaban J connectivity index is 1.54. The third-order valence-corrected chi connectivity index (χ3v) is 5.76. The minimum atomic E-state index is -4.36. The number of fused-ring (bicyclic) bond motifs is 1. The topological polar surface area (TPSA) is 48.5 Å². The molecule has 0 saturated carbocycles. The Morgan fingerprint density at radius 3 is 2.39 bits per heavy atom. The number of anilines is 2. The summed E-state index contributed by atoms with van der Waals surface area (Å²) in [6.45, 7) is 6.97. The minimum absolute atomic E-state index is 0.133. The van der Waals surface area contributed by atoms with E-state index in [2.05, 4.69) is 10.2 Å². The zero-order chi connectivity index (χ0) is 23.6. The van der Waals surface area contributed by atoms with Crippen molar-refractivity contribution in [3.63, 3.8) is 0 Å². The molecule has 33 heavy (non-hydrogen) atoms. The molecule has 1 saturated heterocycles. The number of para-hydroxylation sites is 1. The molecule has 0 spiro atoms. The van der Waals surface area contributed by atoms with Gasteiger partial charge in [0, 0.05) is 43.8 Å². The van der Waals surface area contributed by atoms with Crippen molar-refractivity contribution in [3.8, 4) is 0 Å².